The number of benzene rings is 1. The van der Waals surface area contributed by atoms with Gasteiger partial charge in [-0.3, -0.25) is 4.79 Å². The standard InChI is InChI=1S/C16H23FN2O/c1-12(2)19(11-13-5-4-8-18-10-13)16(20)14-6-3-7-15(17)9-14/h3,6-7,9,12-13,18H,4-5,8,10-11H2,1-2H3. The molecule has 1 amide bonds. The third-order valence-electron chi connectivity index (χ3n) is 3.81. The molecule has 110 valence electrons. The molecule has 1 fully saturated rings. The minimum absolute atomic E-state index is 0.0786. The van der Waals surface area contributed by atoms with Gasteiger partial charge < -0.3 is 10.2 Å². The van der Waals surface area contributed by atoms with Gasteiger partial charge in [-0.1, -0.05) is 6.07 Å². The molecule has 1 aromatic rings. The molecule has 1 aliphatic rings. The fourth-order valence-electron chi connectivity index (χ4n) is 2.67. The summed E-state index contributed by atoms with van der Waals surface area (Å²) in [5, 5.41) is 3.37. The fraction of sp³-hybridized carbons (Fsp3) is 0.562. The molecule has 1 aromatic carbocycles. The van der Waals surface area contributed by atoms with Gasteiger partial charge >= 0.3 is 0 Å². The van der Waals surface area contributed by atoms with Gasteiger partial charge in [-0.2, -0.15) is 0 Å². The van der Waals surface area contributed by atoms with E-state index in [0.717, 1.165) is 32.5 Å². The average molecular weight is 278 g/mol. The van der Waals surface area contributed by atoms with Crippen LogP contribution in [0.1, 0.15) is 37.0 Å². The van der Waals surface area contributed by atoms with Gasteiger partial charge in [-0.15, -0.1) is 0 Å². The topological polar surface area (TPSA) is 32.3 Å². The second-order valence-corrected chi connectivity index (χ2v) is 5.77. The maximum atomic E-state index is 13.3. The fourth-order valence-corrected chi connectivity index (χ4v) is 2.67. The number of amides is 1. The number of carbonyl (C=O) groups excluding carboxylic acids is 1. The highest BCUT2D eigenvalue weighted by Crippen LogP contribution is 2.16. The first kappa shape index (κ1) is 15.0. The van der Waals surface area contributed by atoms with Gasteiger partial charge in [-0.05, 0) is 63.9 Å². The molecule has 4 heteroatoms. The van der Waals surface area contributed by atoms with Crippen LogP contribution in [0.15, 0.2) is 24.3 Å². The summed E-state index contributed by atoms with van der Waals surface area (Å²) in [4.78, 5) is 14.4. The van der Waals surface area contributed by atoms with Crippen LogP contribution in [-0.4, -0.2) is 36.5 Å². The number of hydrogen-bond acceptors (Lipinski definition) is 2. The monoisotopic (exact) mass is 278 g/mol. The van der Waals surface area contributed by atoms with E-state index in [-0.39, 0.29) is 17.8 Å². The number of rotatable bonds is 4. The van der Waals surface area contributed by atoms with E-state index in [4.69, 9.17) is 0 Å². The van der Waals surface area contributed by atoms with Crippen molar-refractivity contribution >= 4 is 5.91 Å². The van der Waals surface area contributed by atoms with E-state index in [1.54, 1.807) is 12.1 Å². The molecule has 3 nitrogen and oxygen atoms in total. The zero-order chi connectivity index (χ0) is 14.5. The zero-order valence-corrected chi connectivity index (χ0v) is 12.2. The highest BCUT2D eigenvalue weighted by atomic mass is 19.1. The van der Waals surface area contributed by atoms with Crippen molar-refractivity contribution in [3.05, 3.63) is 35.6 Å². The second kappa shape index (κ2) is 6.84. The first-order valence-electron chi connectivity index (χ1n) is 7.35. The molecule has 0 aliphatic carbocycles. The smallest absolute Gasteiger partial charge is 0.254 e. The highest BCUT2D eigenvalue weighted by molar-refractivity contribution is 5.94. The minimum Gasteiger partial charge on any atom is -0.336 e. The second-order valence-electron chi connectivity index (χ2n) is 5.77. The Labute approximate surface area is 120 Å². The molecule has 1 unspecified atom stereocenters. The van der Waals surface area contributed by atoms with Crippen LogP contribution in [0, 0.1) is 11.7 Å². The summed E-state index contributed by atoms with van der Waals surface area (Å²) in [7, 11) is 0. The van der Waals surface area contributed by atoms with Gasteiger partial charge in [0.1, 0.15) is 5.82 Å². The first-order chi connectivity index (χ1) is 9.58. The maximum Gasteiger partial charge on any atom is 0.254 e. The van der Waals surface area contributed by atoms with Crippen molar-refractivity contribution in [3.63, 3.8) is 0 Å². The molecular weight excluding hydrogens is 255 g/mol. The molecule has 0 aromatic heterocycles. The number of carbonyl (C=O) groups is 1. The van der Waals surface area contributed by atoms with E-state index in [1.807, 2.05) is 18.7 Å². The SMILES string of the molecule is CC(C)N(CC1CCCNC1)C(=O)c1cccc(F)c1. The zero-order valence-electron chi connectivity index (χ0n) is 12.2. The van der Waals surface area contributed by atoms with Gasteiger partial charge in [0.25, 0.3) is 5.91 Å². The molecule has 0 radical (unpaired) electrons. The summed E-state index contributed by atoms with van der Waals surface area (Å²) in [6, 6.07) is 6.06. The molecule has 1 atom stereocenters. The molecular formula is C16H23FN2O. The molecule has 0 saturated carbocycles. The van der Waals surface area contributed by atoms with E-state index in [1.165, 1.54) is 12.1 Å². The molecule has 1 aliphatic heterocycles. The van der Waals surface area contributed by atoms with Gasteiger partial charge in [0.2, 0.25) is 0 Å². The van der Waals surface area contributed by atoms with Crippen LogP contribution in [0.5, 0.6) is 0 Å². The number of nitrogens with one attached hydrogen (secondary N) is 1. The maximum absolute atomic E-state index is 13.3. The third-order valence-corrected chi connectivity index (χ3v) is 3.81. The lowest BCUT2D eigenvalue weighted by Crippen LogP contribution is -2.44. The number of nitrogens with zero attached hydrogens (tertiary/aromatic N) is 1. The van der Waals surface area contributed by atoms with E-state index >= 15 is 0 Å². The molecule has 2 rings (SSSR count). The van der Waals surface area contributed by atoms with E-state index in [9.17, 15) is 9.18 Å². The Kier molecular flexibility index (Phi) is 5.12. The summed E-state index contributed by atoms with van der Waals surface area (Å²) in [5.74, 6) is 0.0487. The van der Waals surface area contributed by atoms with Crippen molar-refractivity contribution in [1.82, 2.24) is 10.2 Å². The van der Waals surface area contributed by atoms with Crippen LogP contribution in [0.4, 0.5) is 4.39 Å². The number of piperidine rings is 1. The Bertz CT molecular complexity index is 456. The van der Waals surface area contributed by atoms with Crippen LogP contribution < -0.4 is 5.32 Å². The van der Waals surface area contributed by atoms with Crippen molar-refractivity contribution in [1.29, 1.82) is 0 Å². The normalized spacial score (nSPS) is 19.1. The Morgan fingerprint density at radius 1 is 1.50 bits per heavy atom. The average Bonchev–Trinajstić information content (AvgIpc) is 2.45. The van der Waals surface area contributed by atoms with Crippen LogP contribution in [0.2, 0.25) is 0 Å². The van der Waals surface area contributed by atoms with Gasteiger partial charge in [0, 0.05) is 18.2 Å². The lowest BCUT2D eigenvalue weighted by molar-refractivity contribution is 0.0660. The van der Waals surface area contributed by atoms with Gasteiger partial charge in [0.05, 0.1) is 0 Å². The lowest BCUT2D eigenvalue weighted by Gasteiger charge is -2.33. The van der Waals surface area contributed by atoms with Crippen LogP contribution >= 0.6 is 0 Å². The number of halogens is 1. The van der Waals surface area contributed by atoms with Crippen LogP contribution in [-0.2, 0) is 0 Å². The predicted octanol–water partition coefficient (Wildman–Crippen LogP) is 2.68. The van der Waals surface area contributed by atoms with Crippen LogP contribution in [0.3, 0.4) is 0 Å². The summed E-state index contributed by atoms with van der Waals surface area (Å²) in [6.45, 7) is 6.77. The third kappa shape index (κ3) is 3.79. The quantitative estimate of drug-likeness (QED) is 0.918. The van der Waals surface area contributed by atoms with Gasteiger partial charge in [-0.25, -0.2) is 4.39 Å². The van der Waals surface area contributed by atoms with Crippen molar-refractivity contribution in [2.24, 2.45) is 5.92 Å². The van der Waals surface area contributed by atoms with E-state index in [2.05, 4.69) is 5.32 Å². The summed E-state index contributed by atoms with van der Waals surface area (Å²) in [6.07, 6.45) is 2.30. The van der Waals surface area contributed by atoms with Crippen molar-refractivity contribution < 1.29 is 9.18 Å². The predicted molar refractivity (Wildman–Crippen MR) is 78.2 cm³/mol. The molecule has 0 spiro atoms. The van der Waals surface area contributed by atoms with E-state index < -0.39 is 0 Å². The van der Waals surface area contributed by atoms with Crippen LogP contribution in [0.25, 0.3) is 0 Å². The van der Waals surface area contributed by atoms with Crippen molar-refractivity contribution in [2.75, 3.05) is 19.6 Å². The molecule has 1 heterocycles. The summed E-state index contributed by atoms with van der Waals surface area (Å²) >= 11 is 0. The largest absolute Gasteiger partial charge is 0.336 e. The molecule has 20 heavy (non-hydrogen) atoms. The Hall–Kier alpha value is -1.42. The Balaban J connectivity index is 2.09. The lowest BCUT2D eigenvalue weighted by atomic mass is 9.98. The van der Waals surface area contributed by atoms with Crippen molar-refractivity contribution in [2.45, 2.75) is 32.7 Å². The van der Waals surface area contributed by atoms with Crippen molar-refractivity contribution in [3.8, 4) is 0 Å². The Morgan fingerprint density at radius 2 is 2.30 bits per heavy atom. The Morgan fingerprint density at radius 3 is 2.90 bits per heavy atom. The van der Waals surface area contributed by atoms with E-state index in [0.29, 0.717) is 11.5 Å². The highest BCUT2D eigenvalue weighted by Gasteiger charge is 2.23. The number of hydrogen-bond donors (Lipinski definition) is 1. The first-order valence-corrected chi connectivity index (χ1v) is 7.35. The molecule has 1 saturated heterocycles. The summed E-state index contributed by atoms with van der Waals surface area (Å²) < 4.78 is 13.3. The molecule has 1 N–H and O–H groups in total. The molecule has 0 bridgehead atoms. The minimum atomic E-state index is -0.362. The summed E-state index contributed by atoms with van der Waals surface area (Å²) in [5.41, 5.74) is 0.433. The van der Waals surface area contributed by atoms with Gasteiger partial charge in [0.15, 0.2) is 0 Å².